The second-order valence-electron chi connectivity index (χ2n) is 12.5. The summed E-state index contributed by atoms with van der Waals surface area (Å²) in [5, 5.41) is 0. The predicted molar refractivity (Wildman–Crippen MR) is 135 cm³/mol. The van der Waals surface area contributed by atoms with E-state index in [1.54, 1.807) is 13.0 Å². The number of ether oxygens (including phenoxy) is 2. The fraction of sp³-hybridized carbons (Fsp3) is 0.643. The molecular formula is C28H36O7S. The highest BCUT2D eigenvalue weighted by molar-refractivity contribution is 7.85. The highest BCUT2D eigenvalue weighted by Crippen LogP contribution is 2.66. The van der Waals surface area contributed by atoms with E-state index in [0.717, 1.165) is 18.4 Å². The van der Waals surface area contributed by atoms with E-state index >= 15 is 0 Å². The molecule has 0 radical (unpaired) electrons. The topological polar surface area (TPSA) is 107 Å². The summed E-state index contributed by atoms with van der Waals surface area (Å²) in [4.78, 5) is 26.3. The van der Waals surface area contributed by atoms with Gasteiger partial charge >= 0.3 is 0 Å². The lowest BCUT2D eigenvalue weighted by atomic mass is 9.70. The van der Waals surface area contributed by atoms with Crippen molar-refractivity contribution in [3.8, 4) is 5.75 Å². The van der Waals surface area contributed by atoms with Crippen LogP contribution in [0.25, 0.3) is 6.08 Å². The summed E-state index contributed by atoms with van der Waals surface area (Å²) in [6.45, 7) is 9.94. The van der Waals surface area contributed by atoms with E-state index in [0.29, 0.717) is 24.2 Å². The molecular weight excluding hydrogens is 480 g/mol. The monoisotopic (exact) mass is 516 g/mol. The first-order valence-electron chi connectivity index (χ1n) is 12.7. The van der Waals surface area contributed by atoms with Gasteiger partial charge in [-0.15, -0.1) is 0 Å². The number of rotatable bonds is 7. The summed E-state index contributed by atoms with van der Waals surface area (Å²) in [6, 6.07) is 7.30. The van der Waals surface area contributed by atoms with Gasteiger partial charge in [0, 0.05) is 21.8 Å². The van der Waals surface area contributed by atoms with Crippen LogP contribution in [-0.2, 0) is 24.4 Å². The lowest BCUT2D eigenvalue weighted by Gasteiger charge is -2.34. The third-order valence-corrected chi connectivity index (χ3v) is 11.7. The van der Waals surface area contributed by atoms with Crippen LogP contribution in [0.1, 0.15) is 65.9 Å². The highest BCUT2D eigenvalue weighted by Gasteiger charge is 2.68. The summed E-state index contributed by atoms with van der Waals surface area (Å²) in [7, 11) is -4.23. The maximum Gasteiger partial charge on any atom is 0.265 e. The van der Waals surface area contributed by atoms with Crippen molar-refractivity contribution >= 4 is 27.8 Å². The van der Waals surface area contributed by atoms with Crippen LogP contribution in [0.5, 0.6) is 5.75 Å². The van der Waals surface area contributed by atoms with E-state index in [-0.39, 0.29) is 41.0 Å². The van der Waals surface area contributed by atoms with Gasteiger partial charge in [-0.05, 0) is 66.7 Å². The zero-order valence-corrected chi connectivity index (χ0v) is 22.5. The van der Waals surface area contributed by atoms with Crippen molar-refractivity contribution in [3.63, 3.8) is 0 Å². The molecule has 4 aliphatic carbocycles. The van der Waals surface area contributed by atoms with Crippen LogP contribution in [0.2, 0.25) is 0 Å². The molecule has 36 heavy (non-hydrogen) atoms. The highest BCUT2D eigenvalue weighted by atomic mass is 32.2. The van der Waals surface area contributed by atoms with Gasteiger partial charge < -0.3 is 9.47 Å². The smallest absolute Gasteiger partial charge is 0.265 e. The molecule has 0 aromatic heterocycles. The first-order valence-corrected chi connectivity index (χ1v) is 14.4. The van der Waals surface area contributed by atoms with E-state index in [2.05, 4.69) is 20.8 Å². The number of allylic oxidation sites excluding steroid dienone is 1. The van der Waals surface area contributed by atoms with Crippen molar-refractivity contribution in [2.24, 2.45) is 33.5 Å². The van der Waals surface area contributed by atoms with E-state index in [1.807, 2.05) is 31.2 Å². The molecule has 0 amide bonds. The molecule has 5 rings (SSSR count). The van der Waals surface area contributed by atoms with Crippen molar-refractivity contribution in [3.05, 3.63) is 35.4 Å². The van der Waals surface area contributed by atoms with Crippen molar-refractivity contribution < 1.29 is 32.0 Å². The van der Waals surface area contributed by atoms with Crippen molar-refractivity contribution in [1.82, 2.24) is 0 Å². The van der Waals surface area contributed by atoms with Crippen LogP contribution in [0, 0.1) is 33.5 Å². The number of ketones is 2. The largest absolute Gasteiger partial charge is 0.468 e. The van der Waals surface area contributed by atoms with Crippen molar-refractivity contribution in [2.45, 2.75) is 66.4 Å². The standard InChI is InChI=1S/C28H36O7S/c1-25(2)21-10-11-26(25,3)24(30)22(21)35-16-34-18-8-6-7-17(13-18)14-19-20-9-12-27(4,23(19)29)28(20,5)15-36(31,32)33/h6-8,13-14,20-22H,9-12,15-16H2,1-5H3,(H,31,32,33)/b19-14+. The number of hydrogen-bond acceptors (Lipinski definition) is 6. The SMILES string of the molecule is CC12CCC(C(OCOc3cccc(/C=C4/C(=O)C5(C)CCC4C5(C)CS(=O)(=O)O)c3)C1=O)C2(C)C. The molecule has 6 atom stereocenters. The summed E-state index contributed by atoms with van der Waals surface area (Å²) in [6.07, 6.45) is 4.57. The lowest BCUT2D eigenvalue weighted by molar-refractivity contribution is -0.144. The minimum absolute atomic E-state index is 0.0366. The molecule has 1 aromatic rings. The van der Waals surface area contributed by atoms with Gasteiger partial charge in [-0.2, -0.15) is 8.42 Å². The Kier molecular flexibility index (Phi) is 5.68. The normalized spacial score (nSPS) is 39.9. The van der Waals surface area contributed by atoms with Crippen LogP contribution in [-0.4, -0.2) is 43.2 Å². The Morgan fingerprint density at radius 2 is 1.75 bits per heavy atom. The molecule has 1 N–H and O–H groups in total. The Morgan fingerprint density at radius 3 is 2.39 bits per heavy atom. The number of fused-ring (bicyclic) bond motifs is 4. The number of carbonyl (C=O) groups excluding carboxylic acids is 2. The molecule has 6 unspecified atom stereocenters. The molecule has 4 fully saturated rings. The maximum atomic E-state index is 13.3. The zero-order valence-electron chi connectivity index (χ0n) is 21.7. The first-order chi connectivity index (χ1) is 16.6. The average molecular weight is 517 g/mol. The molecule has 1 aromatic carbocycles. The van der Waals surface area contributed by atoms with Gasteiger partial charge in [-0.1, -0.05) is 46.8 Å². The lowest BCUT2D eigenvalue weighted by Crippen LogP contribution is -2.40. The number of benzene rings is 1. The Bertz CT molecular complexity index is 1260. The summed E-state index contributed by atoms with van der Waals surface area (Å²) >= 11 is 0. The Morgan fingerprint density at radius 1 is 1.06 bits per heavy atom. The van der Waals surface area contributed by atoms with Crippen LogP contribution in [0.3, 0.4) is 0 Å². The maximum absolute atomic E-state index is 13.3. The molecule has 0 spiro atoms. The van der Waals surface area contributed by atoms with E-state index < -0.39 is 32.8 Å². The third kappa shape index (κ3) is 3.47. The van der Waals surface area contributed by atoms with E-state index in [1.165, 1.54) is 0 Å². The Labute approximate surface area is 213 Å². The molecule has 8 heteroatoms. The number of carbonyl (C=O) groups is 2. The van der Waals surface area contributed by atoms with Gasteiger partial charge in [-0.3, -0.25) is 14.1 Å². The van der Waals surface area contributed by atoms with Gasteiger partial charge in [0.25, 0.3) is 10.1 Å². The Hall–Kier alpha value is -2.03. The number of hydrogen-bond donors (Lipinski definition) is 1. The second kappa shape index (κ2) is 7.98. The molecule has 0 heterocycles. The molecule has 7 nitrogen and oxygen atoms in total. The molecule has 4 saturated carbocycles. The third-order valence-electron chi connectivity index (χ3n) is 10.7. The van der Waals surface area contributed by atoms with Crippen LogP contribution in [0.15, 0.2) is 29.8 Å². The molecule has 4 bridgehead atoms. The minimum Gasteiger partial charge on any atom is -0.468 e. The Balaban J connectivity index is 1.30. The van der Waals surface area contributed by atoms with E-state index in [4.69, 9.17) is 9.47 Å². The second-order valence-corrected chi connectivity index (χ2v) is 13.9. The number of Topliss-reactive ketones (excluding diaryl/α,β-unsaturated/α-hetero) is 2. The van der Waals surface area contributed by atoms with Gasteiger partial charge in [0.1, 0.15) is 11.9 Å². The quantitative estimate of drug-likeness (QED) is 0.318. The predicted octanol–water partition coefficient (Wildman–Crippen LogP) is 4.71. The first kappa shape index (κ1) is 25.6. The fourth-order valence-corrected chi connectivity index (χ4v) is 9.10. The summed E-state index contributed by atoms with van der Waals surface area (Å²) in [5.41, 5.74) is -0.726. The van der Waals surface area contributed by atoms with Crippen LogP contribution < -0.4 is 4.74 Å². The van der Waals surface area contributed by atoms with Crippen LogP contribution in [0.4, 0.5) is 0 Å². The van der Waals surface area contributed by atoms with Gasteiger partial charge in [0.2, 0.25) is 0 Å². The zero-order chi connectivity index (χ0) is 26.3. The van der Waals surface area contributed by atoms with Crippen LogP contribution >= 0.6 is 0 Å². The van der Waals surface area contributed by atoms with Crippen molar-refractivity contribution in [2.75, 3.05) is 12.5 Å². The van der Waals surface area contributed by atoms with Gasteiger partial charge in [0.05, 0.1) is 5.75 Å². The fourth-order valence-electron chi connectivity index (χ4n) is 7.82. The molecule has 196 valence electrons. The molecule has 0 saturated heterocycles. The summed E-state index contributed by atoms with van der Waals surface area (Å²) < 4.78 is 44.9. The molecule has 4 aliphatic rings. The van der Waals surface area contributed by atoms with Gasteiger partial charge in [0.15, 0.2) is 18.4 Å². The summed E-state index contributed by atoms with van der Waals surface area (Å²) in [5.74, 6) is 0.206. The minimum atomic E-state index is -4.23. The van der Waals surface area contributed by atoms with Crippen molar-refractivity contribution in [1.29, 1.82) is 0 Å². The van der Waals surface area contributed by atoms with E-state index in [9.17, 15) is 22.6 Å². The van der Waals surface area contributed by atoms with Gasteiger partial charge in [-0.25, -0.2) is 0 Å². The average Bonchev–Trinajstić information content (AvgIpc) is 3.27. The molecule has 0 aliphatic heterocycles.